The van der Waals surface area contributed by atoms with Crippen LogP contribution in [0.25, 0.3) is 0 Å². The summed E-state index contributed by atoms with van der Waals surface area (Å²) in [4.78, 5) is 16.1. The van der Waals surface area contributed by atoms with Crippen molar-refractivity contribution >= 4 is 21.8 Å². The van der Waals surface area contributed by atoms with Crippen molar-refractivity contribution in [2.75, 3.05) is 6.61 Å². The standard InChI is InChI=1S/C13H19BrN2O2/c1-13(2,3)11(6-7-17)16-12(18)10-5-4-9(14)8-15-10/h4-5,8,11,17H,6-7H2,1-3H3,(H,16,18). The zero-order valence-corrected chi connectivity index (χ0v) is 12.5. The molecule has 1 atom stereocenters. The van der Waals surface area contributed by atoms with E-state index in [4.69, 9.17) is 5.11 Å². The minimum Gasteiger partial charge on any atom is -0.396 e. The Balaban J connectivity index is 2.75. The van der Waals surface area contributed by atoms with Crippen LogP contribution in [0.2, 0.25) is 0 Å². The summed E-state index contributed by atoms with van der Waals surface area (Å²) in [6, 6.07) is 3.36. The number of rotatable bonds is 4. The molecule has 0 aliphatic rings. The van der Waals surface area contributed by atoms with E-state index in [0.29, 0.717) is 12.1 Å². The number of carbonyl (C=O) groups is 1. The fourth-order valence-electron chi connectivity index (χ4n) is 1.59. The number of nitrogens with zero attached hydrogens (tertiary/aromatic N) is 1. The minimum absolute atomic E-state index is 0.0516. The van der Waals surface area contributed by atoms with Crippen molar-refractivity contribution in [3.8, 4) is 0 Å². The van der Waals surface area contributed by atoms with Crippen LogP contribution in [0.15, 0.2) is 22.8 Å². The SMILES string of the molecule is CC(C)(C)C(CCO)NC(=O)c1ccc(Br)cn1. The fraction of sp³-hybridized carbons (Fsp3) is 0.538. The van der Waals surface area contributed by atoms with Crippen molar-refractivity contribution in [1.82, 2.24) is 10.3 Å². The monoisotopic (exact) mass is 314 g/mol. The predicted octanol–water partition coefficient (Wildman–Crippen LogP) is 2.37. The number of pyridine rings is 1. The van der Waals surface area contributed by atoms with Gasteiger partial charge in [-0.3, -0.25) is 4.79 Å². The summed E-state index contributed by atoms with van der Waals surface area (Å²) in [6.45, 7) is 6.14. The molecule has 0 fully saturated rings. The first-order valence-electron chi connectivity index (χ1n) is 5.88. The Kier molecular flexibility index (Phi) is 5.28. The maximum absolute atomic E-state index is 12.0. The molecule has 0 aromatic carbocycles. The number of amides is 1. The molecule has 0 aliphatic carbocycles. The van der Waals surface area contributed by atoms with Crippen molar-refractivity contribution in [2.24, 2.45) is 5.41 Å². The Labute approximate surface area is 116 Å². The molecule has 0 aliphatic heterocycles. The van der Waals surface area contributed by atoms with E-state index in [-0.39, 0.29) is 24.0 Å². The van der Waals surface area contributed by atoms with E-state index in [2.05, 4.69) is 26.2 Å². The highest BCUT2D eigenvalue weighted by atomic mass is 79.9. The molecule has 4 nitrogen and oxygen atoms in total. The summed E-state index contributed by atoms with van der Waals surface area (Å²) >= 11 is 3.27. The van der Waals surface area contributed by atoms with Gasteiger partial charge in [0.1, 0.15) is 5.69 Å². The largest absolute Gasteiger partial charge is 0.396 e. The molecule has 2 N–H and O–H groups in total. The van der Waals surface area contributed by atoms with E-state index in [1.54, 1.807) is 18.3 Å². The molecule has 1 amide bonds. The van der Waals surface area contributed by atoms with E-state index in [0.717, 1.165) is 4.47 Å². The zero-order chi connectivity index (χ0) is 13.8. The summed E-state index contributed by atoms with van der Waals surface area (Å²) in [5.74, 6) is -0.212. The molecule has 0 saturated heterocycles. The minimum atomic E-state index is -0.212. The number of hydrogen-bond donors (Lipinski definition) is 2. The van der Waals surface area contributed by atoms with Gasteiger partial charge >= 0.3 is 0 Å². The van der Waals surface area contributed by atoms with Gasteiger partial charge < -0.3 is 10.4 Å². The van der Waals surface area contributed by atoms with Gasteiger partial charge in [-0.25, -0.2) is 4.98 Å². The van der Waals surface area contributed by atoms with E-state index < -0.39 is 0 Å². The van der Waals surface area contributed by atoms with Crippen LogP contribution in [0.4, 0.5) is 0 Å². The third-order valence-electron chi connectivity index (χ3n) is 2.73. The van der Waals surface area contributed by atoms with Crippen molar-refractivity contribution in [1.29, 1.82) is 0 Å². The lowest BCUT2D eigenvalue weighted by atomic mass is 9.85. The van der Waals surface area contributed by atoms with Crippen LogP contribution in [0.5, 0.6) is 0 Å². The fourth-order valence-corrected chi connectivity index (χ4v) is 1.83. The zero-order valence-electron chi connectivity index (χ0n) is 10.9. The summed E-state index contributed by atoms with van der Waals surface area (Å²) in [5.41, 5.74) is 0.277. The third-order valence-corrected chi connectivity index (χ3v) is 3.20. The number of carbonyl (C=O) groups excluding carboxylic acids is 1. The molecule has 1 aromatic heterocycles. The molecule has 5 heteroatoms. The molecular weight excluding hydrogens is 296 g/mol. The first kappa shape index (κ1) is 15.1. The Morgan fingerprint density at radius 2 is 2.17 bits per heavy atom. The highest BCUT2D eigenvalue weighted by Gasteiger charge is 2.26. The van der Waals surface area contributed by atoms with Gasteiger partial charge in [0.05, 0.1) is 0 Å². The van der Waals surface area contributed by atoms with Crippen LogP contribution >= 0.6 is 15.9 Å². The number of nitrogens with one attached hydrogen (secondary N) is 1. The van der Waals surface area contributed by atoms with Crippen LogP contribution in [0, 0.1) is 5.41 Å². The molecule has 0 radical (unpaired) electrons. The third kappa shape index (κ3) is 4.38. The second kappa shape index (κ2) is 6.29. The second-order valence-corrected chi connectivity index (χ2v) is 6.18. The summed E-state index contributed by atoms with van der Waals surface area (Å²) in [5, 5.41) is 12.0. The Morgan fingerprint density at radius 1 is 1.50 bits per heavy atom. The molecule has 18 heavy (non-hydrogen) atoms. The second-order valence-electron chi connectivity index (χ2n) is 5.27. The van der Waals surface area contributed by atoms with Gasteiger partial charge in [0, 0.05) is 23.3 Å². The predicted molar refractivity (Wildman–Crippen MR) is 74.3 cm³/mol. The molecule has 100 valence electrons. The van der Waals surface area contributed by atoms with Gasteiger partial charge in [0.25, 0.3) is 5.91 Å². The van der Waals surface area contributed by atoms with Crippen LogP contribution in [0.1, 0.15) is 37.7 Å². The average Bonchev–Trinajstić information content (AvgIpc) is 2.28. The normalized spacial score (nSPS) is 13.2. The lowest BCUT2D eigenvalue weighted by Gasteiger charge is -2.31. The molecule has 1 unspecified atom stereocenters. The molecule has 0 bridgehead atoms. The van der Waals surface area contributed by atoms with Crippen LogP contribution in [-0.2, 0) is 0 Å². The number of aliphatic hydroxyl groups excluding tert-OH is 1. The van der Waals surface area contributed by atoms with Crippen LogP contribution < -0.4 is 5.32 Å². The summed E-state index contributed by atoms with van der Waals surface area (Å²) < 4.78 is 0.835. The van der Waals surface area contributed by atoms with Crippen molar-refractivity contribution in [3.63, 3.8) is 0 Å². The van der Waals surface area contributed by atoms with Gasteiger partial charge in [-0.1, -0.05) is 20.8 Å². The highest BCUT2D eigenvalue weighted by Crippen LogP contribution is 2.22. The van der Waals surface area contributed by atoms with E-state index in [1.807, 2.05) is 20.8 Å². The number of aliphatic hydroxyl groups is 1. The Morgan fingerprint density at radius 3 is 2.61 bits per heavy atom. The van der Waals surface area contributed by atoms with Crippen molar-refractivity contribution in [3.05, 3.63) is 28.5 Å². The highest BCUT2D eigenvalue weighted by molar-refractivity contribution is 9.10. The van der Waals surface area contributed by atoms with Crippen molar-refractivity contribution < 1.29 is 9.90 Å². The number of hydrogen-bond acceptors (Lipinski definition) is 3. The summed E-state index contributed by atoms with van der Waals surface area (Å²) in [7, 11) is 0. The first-order valence-corrected chi connectivity index (χ1v) is 6.67. The molecular formula is C13H19BrN2O2. The average molecular weight is 315 g/mol. The van der Waals surface area contributed by atoms with E-state index in [9.17, 15) is 4.79 Å². The van der Waals surface area contributed by atoms with Gasteiger partial charge in [-0.05, 0) is 39.9 Å². The first-order chi connectivity index (χ1) is 8.34. The Bertz CT molecular complexity index is 398. The topological polar surface area (TPSA) is 62.2 Å². The Hall–Kier alpha value is -0.940. The van der Waals surface area contributed by atoms with Crippen LogP contribution in [0.3, 0.4) is 0 Å². The summed E-state index contributed by atoms with van der Waals surface area (Å²) in [6.07, 6.45) is 2.12. The van der Waals surface area contributed by atoms with Crippen LogP contribution in [-0.4, -0.2) is 28.6 Å². The number of aromatic nitrogens is 1. The van der Waals surface area contributed by atoms with E-state index >= 15 is 0 Å². The van der Waals surface area contributed by atoms with E-state index in [1.165, 1.54) is 0 Å². The van der Waals surface area contributed by atoms with Gasteiger partial charge in [0.15, 0.2) is 0 Å². The van der Waals surface area contributed by atoms with Gasteiger partial charge in [-0.15, -0.1) is 0 Å². The smallest absolute Gasteiger partial charge is 0.270 e. The molecule has 0 spiro atoms. The molecule has 1 aromatic rings. The maximum Gasteiger partial charge on any atom is 0.270 e. The van der Waals surface area contributed by atoms with Gasteiger partial charge in [0.2, 0.25) is 0 Å². The van der Waals surface area contributed by atoms with Gasteiger partial charge in [-0.2, -0.15) is 0 Å². The number of halogens is 1. The molecule has 0 saturated carbocycles. The lowest BCUT2D eigenvalue weighted by molar-refractivity contribution is 0.0880. The molecule has 1 rings (SSSR count). The molecule has 1 heterocycles. The quantitative estimate of drug-likeness (QED) is 0.897. The van der Waals surface area contributed by atoms with Crippen molar-refractivity contribution in [2.45, 2.75) is 33.2 Å². The lowest BCUT2D eigenvalue weighted by Crippen LogP contribution is -2.44. The maximum atomic E-state index is 12.0.